The lowest BCUT2D eigenvalue weighted by Crippen LogP contribution is -1.95. The van der Waals surface area contributed by atoms with E-state index in [2.05, 4.69) is 0 Å². The molecule has 1 heterocycles. The highest BCUT2D eigenvalue weighted by Crippen LogP contribution is 2.60. The number of benzene rings is 2. The third-order valence-electron chi connectivity index (χ3n) is 2.68. The average Bonchev–Trinajstić information content (AvgIpc) is 2.47. The second-order valence-electron chi connectivity index (χ2n) is 3.93. The highest BCUT2D eigenvalue weighted by atomic mass is 35.5. The summed E-state index contributed by atoms with van der Waals surface area (Å²) >= 11 is 45.9. The lowest BCUT2D eigenvalue weighted by Gasteiger charge is -2.23. The predicted octanol–water partition coefficient (Wildman–Crippen LogP) is 8.88. The Hall–Kier alpha value is 1.17. The Morgan fingerprint density at radius 3 is 1.43 bits per heavy atom. The molecule has 1 aliphatic heterocycles. The molecule has 0 saturated heterocycles. The third-order valence-corrected chi connectivity index (χ3v) is 8.74. The molecule has 0 saturated carbocycles. The maximum Gasteiger partial charge on any atom is 0.0806 e. The SMILES string of the molecule is Clc1cc(Cl)c2c(c1Cl)Sc1c(Cl)c(Cl)c(Cl)c(Cl)c1S2. The van der Waals surface area contributed by atoms with Gasteiger partial charge in [0.25, 0.3) is 0 Å². The van der Waals surface area contributed by atoms with Gasteiger partial charge in [-0.25, -0.2) is 0 Å². The smallest absolute Gasteiger partial charge is 0.0806 e. The van der Waals surface area contributed by atoms with Gasteiger partial charge in [0.2, 0.25) is 0 Å². The maximum atomic E-state index is 6.27. The Morgan fingerprint density at radius 2 is 0.905 bits per heavy atom. The highest BCUT2D eigenvalue weighted by Gasteiger charge is 2.30. The first-order chi connectivity index (χ1) is 9.82. The van der Waals surface area contributed by atoms with Gasteiger partial charge in [0, 0.05) is 19.6 Å². The zero-order chi connectivity index (χ0) is 15.5. The lowest BCUT2D eigenvalue weighted by molar-refractivity contribution is 1.16. The van der Waals surface area contributed by atoms with Gasteiger partial charge < -0.3 is 0 Å². The van der Waals surface area contributed by atoms with Crippen molar-refractivity contribution in [2.75, 3.05) is 0 Å². The quantitative estimate of drug-likeness (QED) is 0.244. The summed E-state index contributed by atoms with van der Waals surface area (Å²) in [5.74, 6) is 0. The first kappa shape index (κ1) is 17.0. The molecule has 0 aromatic heterocycles. The molecule has 2 aromatic rings. The summed E-state index contributed by atoms with van der Waals surface area (Å²) < 4.78 is 0. The molecule has 21 heavy (non-hydrogen) atoms. The van der Waals surface area contributed by atoms with Gasteiger partial charge in [0.05, 0.1) is 35.2 Å². The van der Waals surface area contributed by atoms with Gasteiger partial charge in [0.1, 0.15) is 0 Å². The van der Waals surface area contributed by atoms with Gasteiger partial charge in [-0.2, -0.15) is 0 Å². The lowest BCUT2D eigenvalue weighted by atomic mass is 10.3. The van der Waals surface area contributed by atoms with Crippen LogP contribution in [0.25, 0.3) is 0 Å². The van der Waals surface area contributed by atoms with Crippen molar-refractivity contribution in [3.8, 4) is 0 Å². The van der Waals surface area contributed by atoms with E-state index in [0.29, 0.717) is 34.9 Å². The Balaban J connectivity index is 2.30. The van der Waals surface area contributed by atoms with Crippen LogP contribution in [0.3, 0.4) is 0 Å². The monoisotopic (exact) mass is 454 g/mol. The molecule has 110 valence electrons. The molecule has 0 amide bonds. The van der Waals surface area contributed by atoms with Crippen molar-refractivity contribution >= 4 is 105 Å². The van der Waals surface area contributed by atoms with E-state index in [1.807, 2.05) is 0 Å². The fraction of sp³-hybridized carbons (Fsp3) is 0. The minimum absolute atomic E-state index is 0.211. The molecule has 9 heteroatoms. The van der Waals surface area contributed by atoms with Crippen molar-refractivity contribution < 1.29 is 0 Å². The molecule has 2 aromatic carbocycles. The molecule has 0 atom stereocenters. The van der Waals surface area contributed by atoms with E-state index in [4.69, 9.17) is 81.2 Å². The molecular formula is C12HCl7S2. The molecule has 1 aliphatic rings. The van der Waals surface area contributed by atoms with E-state index in [9.17, 15) is 0 Å². The summed E-state index contributed by atoms with van der Waals surface area (Å²) in [5.41, 5.74) is 0. The summed E-state index contributed by atoms with van der Waals surface area (Å²) in [4.78, 5) is 2.88. The van der Waals surface area contributed by atoms with Crippen LogP contribution < -0.4 is 0 Å². The minimum Gasteiger partial charge on any atom is -0.0844 e. The van der Waals surface area contributed by atoms with E-state index in [1.54, 1.807) is 6.07 Å². The predicted molar refractivity (Wildman–Crippen MR) is 96.2 cm³/mol. The van der Waals surface area contributed by atoms with Crippen LogP contribution in [-0.2, 0) is 0 Å². The zero-order valence-electron chi connectivity index (χ0n) is 9.54. The number of hydrogen-bond acceptors (Lipinski definition) is 2. The van der Waals surface area contributed by atoms with Crippen molar-refractivity contribution in [1.29, 1.82) is 0 Å². The Morgan fingerprint density at radius 1 is 0.476 bits per heavy atom. The Kier molecular flexibility index (Phi) is 5.05. The van der Waals surface area contributed by atoms with Gasteiger partial charge in [0.15, 0.2) is 0 Å². The van der Waals surface area contributed by atoms with Gasteiger partial charge >= 0.3 is 0 Å². The summed E-state index contributed by atoms with van der Waals surface area (Å²) in [6, 6.07) is 1.59. The molecule has 0 fully saturated rings. The number of halogens is 7. The van der Waals surface area contributed by atoms with Gasteiger partial charge in [-0.1, -0.05) is 105 Å². The number of rotatable bonds is 0. The van der Waals surface area contributed by atoms with Crippen molar-refractivity contribution in [3.05, 3.63) is 41.2 Å². The standard InChI is InChI=1S/C12HCl7S2/c13-2-1-3(14)9-10(4(2)15)21-12-8(19)6(17)5(16)7(18)11(12)20-9/h1H. The molecule has 0 radical (unpaired) electrons. The van der Waals surface area contributed by atoms with Crippen LogP contribution in [0.2, 0.25) is 35.2 Å². The normalized spacial score (nSPS) is 13.1. The van der Waals surface area contributed by atoms with Crippen LogP contribution in [0.5, 0.6) is 0 Å². The summed E-state index contributed by atoms with van der Waals surface area (Å²) in [5, 5.41) is 2.37. The largest absolute Gasteiger partial charge is 0.0844 e. The second-order valence-corrected chi connectivity index (χ2v) is 8.68. The van der Waals surface area contributed by atoms with E-state index >= 15 is 0 Å². The molecule has 0 aliphatic carbocycles. The van der Waals surface area contributed by atoms with E-state index in [-0.39, 0.29) is 10.0 Å². The highest BCUT2D eigenvalue weighted by molar-refractivity contribution is 8.05. The van der Waals surface area contributed by atoms with E-state index in [1.165, 1.54) is 23.5 Å². The van der Waals surface area contributed by atoms with Gasteiger partial charge in [-0.05, 0) is 6.07 Å². The first-order valence-electron chi connectivity index (χ1n) is 5.22. The van der Waals surface area contributed by atoms with Gasteiger partial charge in [-0.15, -0.1) is 0 Å². The molecule has 0 spiro atoms. The van der Waals surface area contributed by atoms with Crippen molar-refractivity contribution in [1.82, 2.24) is 0 Å². The summed E-state index contributed by atoms with van der Waals surface area (Å²) in [6.45, 7) is 0. The van der Waals surface area contributed by atoms with Crippen LogP contribution in [0.15, 0.2) is 25.6 Å². The molecular weight excluding hydrogens is 456 g/mol. The number of fused-ring (bicyclic) bond motifs is 2. The second kappa shape index (κ2) is 6.23. The van der Waals surface area contributed by atoms with Gasteiger partial charge in [-0.3, -0.25) is 0 Å². The minimum atomic E-state index is 0.211. The fourth-order valence-corrected chi connectivity index (χ4v) is 6.48. The number of hydrogen-bond donors (Lipinski definition) is 0. The first-order valence-corrected chi connectivity index (χ1v) is 9.50. The van der Waals surface area contributed by atoms with Crippen molar-refractivity contribution in [2.45, 2.75) is 19.6 Å². The molecule has 0 N–H and O–H groups in total. The van der Waals surface area contributed by atoms with Crippen LogP contribution in [0.4, 0.5) is 0 Å². The summed E-state index contributed by atoms with van der Waals surface area (Å²) in [6.07, 6.45) is 0. The van der Waals surface area contributed by atoms with Crippen LogP contribution in [0.1, 0.15) is 0 Å². The van der Waals surface area contributed by atoms with Crippen LogP contribution in [-0.4, -0.2) is 0 Å². The maximum absolute atomic E-state index is 6.27. The van der Waals surface area contributed by atoms with E-state index in [0.717, 1.165) is 9.79 Å². The zero-order valence-corrected chi connectivity index (χ0v) is 16.5. The van der Waals surface area contributed by atoms with Crippen LogP contribution >= 0.6 is 105 Å². The topological polar surface area (TPSA) is 0 Å². The molecule has 3 rings (SSSR count). The fourth-order valence-electron chi connectivity index (χ4n) is 1.72. The molecule has 0 bridgehead atoms. The molecule has 0 nitrogen and oxygen atoms in total. The molecule has 0 unspecified atom stereocenters. The van der Waals surface area contributed by atoms with Crippen molar-refractivity contribution in [3.63, 3.8) is 0 Å². The summed E-state index contributed by atoms with van der Waals surface area (Å²) in [7, 11) is 0. The van der Waals surface area contributed by atoms with E-state index < -0.39 is 0 Å². The third kappa shape index (κ3) is 2.75. The van der Waals surface area contributed by atoms with Crippen LogP contribution in [0, 0.1) is 0 Å². The van der Waals surface area contributed by atoms with Crippen molar-refractivity contribution in [2.24, 2.45) is 0 Å². The Labute approximate surface area is 164 Å². The Bertz CT molecular complexity index is 788. The average molecular weight is 457 g/mol.